The average molecular weight is 823 g/mol. The summed E-state index contributed by atoms with van der Waals surface area (Å²) in [5.74, 6) is -3.74. The van der Waals surface area contributed by atoms with Crippen molar-refractivity contribution in [3.05, 3.63) is 59.7 Å². The number of phosphoric acid groups is 1. The first kappa shape index (κ1) is 48.2. The van der Waals surface area contributed by atoms with E-state index in [1.807, 2.05) is 0 Å². The fraction of sp³-hybridized carbons (Fsp3) is 0.500. The third-order valence-corrected chi connectivity index (χ3v) is 9.64. The van der Waals surface area contributed by atoms with Crippen molar-refractivity contribution < 1.29 is 57.9 Å². The lowest BCUT2D eigenvalue weighted by atomic mass is 9.85. The van der Waals surface area contributed by atoms with Gasteiger partial charge >= 0.3 is 7.82 Å². The standard InChI is InChI=1S/C33H47N8O11P.C2H4O.CH4/c34-14-2-1-12-33(39-29(45)24(35)17-20-5-9-23(10-6-20)52-53(49,50)51)13-16-40-15-11-27(41(40)32(33)48)31(47)37-25(18-21-3-7-22(43)8-4-21)30(46)38-26(19-42)28(36)44;1-2-3;/h3-10,24-27,42-43H,1-2,11-19,34-35H2,(H2,36,44)(H,37,47)(H,38,46)(H,39,45)(H2,49,50,51);2H,1H3;1H4/t24-,25-,26?,27-,33?;;/m0../s1. The lowest BCUT2D eigenvalue weighted by Crippen LogP contribution is -2.70. The van der Waals surface area contributed by atoms with E-state index in [4.69, 9.17) is 31.8 Å². The second kappa shape index (κ2) is 22.1. The molecule has 57 heavy (non-hydrogen) atoms. The fourth-order valence-electron chi connectivity index (χ4n) is 6.38. The number of fused-ring (bicyclic) bond motifs is 1. The largest absolute Gasteiger partial charge is 0.524 e. The van der Waals surface area contributed by atoms with Crippen molar-refractivity contribution in [2.75, 3.05) is 26.2 Å². The number of aliphatic hydroxyl groups excluding tert-OH is 1. The minimum absolute atomic E-state index is 0. The van der Waals surface area contributed by atoms with Crippen LogP contribution >= 0.6 is 7.82 Å². The molecule has 4 rings (SSSR count). The minimum Gasteiger partial charge on any atom is -0.508 e. The molecule has 2 saturated heterocycles. The summed E-state index contributed by atoms with van der Waals surface area (Å²) in [6.45, 7) is 1.66. The number of nitrogens with two attached hydrogens (primary N) is 3. The number of hydrogen-bond donors (Lipinski definition) is 10. The monoisotopic (exact) mass is 822 g/mol. The van der Waals surface area contributed by atoms with Gasteiger partial charge < -0.3 is 52.7 Å². The number of nitrogens with zero attached hydrogens (tertiary/aromatic N) is 2. The van der Waals surface area contributed by atoms with Crippen LogP contribution in [0.5, 0.6) is 11.5 Å². The van der Waals surface area contributed by atoms with Crippen LogP contribution in [0.25, 0.3) is 0 Å². The molecule has 21 heteroatoms. The van der Waals surface area contributed by atoms with Crippen LogP contribution in [0, 0.1) is 0 Å². The second-order valence-electron chi connectivity index (χ2n) is 13.3. The van der Waals surface area contributed by atoms with Gasteiger partial charge in [0, 0.05) is 19.5 Å². The molecule has 20 nitrogen and oxygen atoms in total. The quantitative estimate of drug-likeness (QED) is 0.0463. The molecule has 0 aliphatic carbocycles. The van der Waals surface area contributed by atoms with Crippen molar-refractivity contribution >= 4 is 43.6 Å². The van der Waals surface area contributed by atoms with Crippen molar-refractivity contribution in [1.29, 1.82) is 0 Å². The number of primary amides is 1. The van der Waals surface area contributed by atoms with E-state index in [0.29, 0.717) is 43.6 Å². The highest BCUT2D eigenvalue weighted by Gasteiger charge is 2.53. The molecule has 13 N–H and O–H groups in total. The Bertz CT molecular complexity index is 1730. The van der Waals surface area contributed by atoms with Gasteiger partial charge in [0.1, 0.15) is 41.4 Å². The summed E-state index contributed by atoms with van der Waals surface area (Å²) in [5.41, 5.74) is 17.0. The zero-order chi connectivity index (χ0) is 41.6. The number of hydrazine groups is 1. The second-order valence-corrected chi connectivity index (χ2v) is 14.5. The van der Waals surface area contributed by atoms with Crippen LogP contribution in [0.2, 0.25) is 0 Å². The van der Waals surface area contributed by atoms with Gasteiger partial charge in [-0.05, 0) is 87.4 Å². The van der Waals surface area contributed by atoms with E-state index in [2.05, 4.69) is 20.5 Å². The summed E-state index contributed by atoms with van der Waals surface area (Å²) < 4.78 is 15.7. The maximum Gasteiger partial charge on any atom is 0.524 e. The summed E-state index contributed by atoms with van der Waals surface area (Å²) in [5, 5.41) is 30.2. The zero-order valence-electron chi connectivity index (χ0n) is 30.9. The Balaban J connectivity index is 0.00000271. The fourth-order valence-corrected chi connectivity index (χ4v) is 6.78. The molecule has 0 bridgehead atoms. The Morgan fingerprint density at radius 1 is 0.982 bits per heavy atom. The van der Waals surface area contributed by atoms with Crippen molar-refractivity contribution in [3.63, 3.8) is 0 Å². The number of benzene rings is 2. The van der Waals surface area contributed by atoms with Gasteiger partial charge in [-0.1, -0.05) is 31.7 Å². The maximum absolute atomic E-state index is 14.5. The van der Waals surface area contributed by atoms with Gasteiger partial charge in [-0.2, -0.15) is 0 Å². The Kier molecular flexibility index (Phi) is 18.7. The van der Waals surface area contributed by atoms with Crippen LogP contribution in [-0.4, -0.2) is 122 Å². The van der Waals surface area contributed by atoms with Crippen LogP contribution in [0.3, 0.4) is 0 Å². The average Bonchev–Trinajstić information content (AvgIpc) is 3.58. The van der Waals surface area contributed by atoms with Crippen LogP contribution in [-0.2, 0) is 46.2 Å². The number of aromatic hydroxyl groups is 1. The molecule has 2 unspecified atom stereocenters. The number of amides is 5. The summed E-state index contributed by atoms with van der Waals surface area (Å²) in [6.07, 6.45) is 2.36. The molecule has 5 amide bonds. The first-order valence-corrected chi connectivity index (χ1v) is 19.4. The van der Waals surface area contributed by atoms with Crippen molar-refractivity contribution in [3.8, 4) is 11.5 Å². The van der Waals surface area contributed by atoms with E-state index < -0.39 is 73.7 Å². The molecule has 0 radical (unpaired) electrons. The van der Waals surface area contributed by atoms with E-state index in [1.165, 1.54) is 48.3 Å². The highest BCUT2D eigenvalue weighted by molar-refractivity contribution is 7.46. The number of carbonyl (C=O) groups excluding carboxylic acids is 6. The first-order chi connectivity index (χ1) is 26.5. The Morgan fingerprint density at radius 2 is 1.58 bits per heavy atom. The van der Waals surface area contributed by atoms with E-state index in [1.54, 1.807) is 17.1 Å². The SMILES string of the molecule is C.CC=O.NCCCCC1(NC(=O)[C@@H](N)Cc2ccc(OP(=O)(O)O)cc2)CCN2CC[C@@H](C(=O)N[C@@H](Cc3ccc(O)cc3)C(=O)NC(CO)C(N)=O)N2C1=O. The normalized spacial score (nSPS) is 19.3. The van der Waals surface area contributed by atoms with E-state index in [9.17, 15) is 38.8 Å². The number of aliphatic hydroxyl groups is 1. The molecule has 2 aliphatic heterocycles. The number of phosphoric ester groups is 1. The highest BCUT2D eigenvalue weighted by Crippen LogP contribution is 2.37. The number of hydrogen-bond acceptors (Lipinski definition) is 13. The number of carbonyl (C=O) groups is 6. The van der Waals surface area contributed by atoms with E-state index in [0.717, 1.165) is 6.29 Å². The smallest absolute Gasteiger partial charge is 0.508 e. The van der Waals surface area contributed by atoms with Crippen LogP contribution in [0.1, 0.15) is 57.6 Å². The molecule has 0 spiro atoms. The van der Waals surface area contributed by atoms with Crippen molar-refractivity contribution in [2.45, 2.75) is 89.0 Å². The van der Waals surface area contributed by atoms with Gasteiger partial charge in [0.25, 0.3) is 5.91 Å². The molecule has 316 valence electrons. The van der Waals surface area contributed by atoms with Gasteiger partial charge in [-0.25, -0.2) is 9.57 Å². The maximum atomic E-state index is 14.5. The number of phenols is 1. The van der Waals surface area contributed by atoms with Gasteiger partial charge in [-0.15, -0.1) is 0 Å². The molecular weight excluding hydrogens is 767 g/mol. The lowest BCUT2D eigenvalue weighted by Gasteiger charge is -2.46. The molecule has 2 aromatic carbocycles. The van der Waals surface area contributed by atoms with Crippen LogP contribution in [0.15, 0.2) is 48.5 Å². The summed E-state index contributed by atoms with van der Waals surface area (Å²) in [4.78, 5) is 93.9. The number of nitrogens with one attached hydrogen (secondary N) is 3. The Labute approximate surface area is 330 Å². The lowest BCUT2D eigenvalue weighted by molar-refractivity contribution is -0.169. The molecule has 2 fully saturated rings. The highest BCUT2D eigenvalue weighted by atomic mass is 31.2. The Hall–Kier alpha value is -4.95. The summed E-state index contributed by atoms with van der Waals surface area (Å²) in [6, 6.07) is 6.65. The van der Waals surface area contributed by atoms with E-state index in [-0.39, 0.29) is 51.0 Å². The number of phenolic OH excluding ortho intramolecular Hbond substituents is 1. The predicted octanol–water partition coefficient (Wildman–Crippen LogP) is -1.53. The molecule has 2 aromatic rings. The van der Waals surface area contributed by atoms with Gasteiger partial charge in [0.05, 0.1) is 12.6 Å². The summed E-state index contributed by atoms with van der Waals surface area (Å²) in [7, 11) is -4.76. The number of unbranched alkanes of at least 4 members (excludes halogenated alkanes) is 1. The third-order valence-electron chi connectivity index (χ3n) is 9.19. The topological polar surface area (TPSA) is 330 Å². The molecule has 0 aromatic heterocycles. The summed E-state index contributed by atoms with van der Waals surface area (Å²) >= 11 is 0. The van der Waals surface area contributed by atoms with Gasteiger partial charge in [0.15, 0.2) is 0 Å². The molecule has 2 aliphatic rings. The van der Waals surface area contributed by atoms with Crippen molar-refractivity contribution in [2.24, 2.45) is 17.2 Å². The van der Waals surface area contributed by atoms with Crippen molar-refractivity contribution in [1.82, 2.24) is 26.0 Å². The van der Waals surface area contributed by atoms with Gasteiger partial charge in [-0.3, -0.25) is 38.8 Å². The zero-order valence-corrected chi connectivity index (χ0v) is 31.8. The van der Waals surface area contributed by atoms with Crippen LogP contribution in [0.4, 0.5) is 0 Å². The molecule has 5 atom stereocenters. The minimum atomic E-state index is -4.76. The van der Waals surface area contributed by atoms with Crippen LogP contribution < -0.4 is 37.7 Å². The van der Waals surface area contributed by atoms with E-state index >= 15 is 0 Å². The molecular formula is C36H55N8O12P. The third kappa shape index (κ3) is 13.9. The number of aldehydes is 1. The Morgan fingerprint density at radius 3 is 2.14 bits per heavy atom. The first-order valence-electron chi connectivity index (χ1n) is 17.9. The van der Waals surface area contributed by atoms with Gasteiger partial charge in [0.2, 0.25) is 23.6 Å². The molecule has 2 heterocycles. The molecule has 0 saturated carbocycles. The predicted molar refractivity (Wildman–Crippen MR) is 206 cm³/mol. The number of rotatable bonds is 18.